The number of pyridine rings is 1. The van der Waals surface area contributed by atoms with E-state index in [1.165, 1.54) is 7.11 Å². The summed E-state index contributed by atoms with van der Waals surface area (Å²) in [4.78, 5) is 60.2. The van der Waals surface area contributed by atoms with Gasteiger partial charge in [0.2, 0.25) is 5.91 Å². The average molecular weight is 813 g/mol. The lowest BCUT2D eigenvalue weighted by Crippen LogP contribution is -2.54. The minimum atomic E-state index is -0.670. The Kier molecular flexibility index (Phi) is 11.9. The van der Waals surface area contributed by atoms with E-state index in [2.05, 4.69) is 69.1 Å². The summed E-state index contributed by atoms with van der Waals surface area (Å²) in [5.74, 6) is 1.98. The van der Waals surface area contributed by atoms with E-state index in [4.69, 9.17) is 19.5 Å². The third-order valence-corrected chi connectivity index (χ3v) is 12.5. The molecule has 8 rings (SSSR count). The van der Waals surface area contributed by atoms with E-state index in [1.54, 1.807) is 29.1 Å². The molecule has 59 heavy (non-hydrogen) atoms. The van der Waals surface area contributed by atoms with E-state index in [0.29, 0.717) is 24.7 Å². The van der Waals surface area contributed by atoms with E-state index in [-0.39, 0.29) is 41.9 Å². The first-order valence-electron chi connectivity index (χ1n) is 20.0. The van der Waals surface area contributed by atoms with Crippen molar-refractivity contribution in [2.75, 3.05) is 26.0 Å². The van der Waals surface area contributed by atoms with Gasteiger partial charge in [0.15, 0.2) is 0 Å². The number of aromatic amines is 1. The van der Waals surface area contributed by atoms with Crippen molar-refractivity contribution < 1.29 is 23.9 Å². The number of ether oxygens (including phenoxy) is 2. The van der Waals surface area contributed by atoms with Crippen LogP contribution in [0.1, 0.15) is 66.7 Å². The molecule has 3 N–H and O–H groups in total. The number of thioether (sulfide) groups is 1. The number of benzene rings is 3. The Hall–Kier alpha value is -6.15. The Morgan fingerprint density at radius 3 is 2.32 bits per heavy atom. The molecule has 0 saturated carbocycles. The van der Waals surface area contributed by atoms with Crippen LogP contribution in [-0.4, -0.2) is 86.7 Å². The van der Waals surface area contributed by atoms with Crippen LogP contribution in [0.5, 0.6) is 0 Å². The molecule has 2 unspecified atom stereocenters. The van der Waals surface area contributed by atoms with Gasteiger partial charge in [-0.1, -0.05) is 92.7 Å². The van der Waals surface area contributed by atoms with Crippen molar-refractivity contribution in [3.05, 3.63) is 132 Å². The number of likely N-dealkylation sites (tertiary alicyclic amines) is 1. The normalized spacial score (nSPS) is 20.6. The molecule has 0 bridgehead atoms. The third-order valence-electron chi connectivity index (χ3n) is 11.2. The second-order valence-electron chi connectivity index (χ2n) is 15.3. The van der Waals surface area contributed by atoms with Gasteiger partial charge in [0, 0.05) is 24.7 Å². The number of imidazole rings is 1. The third kappa shape index (κ3) is 8.68. The monoisotopic (exact) mass is 812 g/mol. The van der Waals surface area contributed by atoms with E-state index >= 15 is 0 Å². The van der Waals surface area contributed by atoms with Gasteiger partial charge < -0.3 is 30.0 Å². The highest BCUT2D eigenvalue weighted by Gasteiger charge is 2.42. The molecule has 2 fully saturated rings. The van der Waals surface area contributed by atoms with Crippen LogP contribution in [0.3, 0.4) is 0 Å². The first kappa shape index (κ1) is 39.7. The van der Waals surface area contributed by atoms with Crippen LogP contribution < -0.4 is 10.6 Å². The summed E-state index contributed by atoms with van der Waals surface area (Å²) >= 11 is 1.68. The number of aromatic nitrogens is 3. The lowest BCUT2D eigenvalue weighted by Gasteiger charge is -2.31. The highest BCUT2D eigenvalue weighted by molar-refractivity contribution is 7.99. The molecule has 5 aromatic rings. The van der Waals surface area contributed by atoms with Gasteiger partial charge in [0.1, 0.15) is 35.7 Å². The van der Waals surface area contributed by atoms with Crippen LogP contribution in [0, 0.1) is 5.92 Å². The molecule has 3 aromatic carbocycles. The second kappa shape index (κ2) is 17.8. The van der Waals surface area contributed by atoms with Gasteiger partial charge in [-0.25, -0.2) is 14.6 Å². The highest BCUT2D eigenvalue weighted by Crippen LogP contribution is 2.47. The summed E-state index contributed by atoms with van der Waals surface area (Å²) in [7, 11) is 1.30. The van der Waals surface area contributed by atoms with Crippen molar-refractivity contribution >= 4 is 35.7 Å². The summed E-state index contributed by atoms with van der Waals surface area (Å²) in [5.41, 5.74) is 7.04. The van der Waals surface area contributed by atoms with Gasteiger partial charge in [-0.3, -0.25) is 19.7 Å². The fourth-order valence-electron chi connectivity index (χ4n) is 7.96. The zero-order valence-electron chi connectivity index (χ0n) is 33.3. The minimum Gasteiger partial charge on any atom is -0.453 e. The van der Waals surface area contributed by atoms with Crippen LogP contribution >= 0.6 is 11.8 Å². The number of methoxy groups -OCH3 is 1. The largest absolute Gasteiger partial charge is 0.453 e. The number of amidine groups is 1. The van der Waals surface area contributed by atoms with E-state index in [0.717, 1.165) is 57.8 Å². The number of alkyl carbamates (subject to hydrolysis) is 1. The van der Waals surface area contributed by atoms with Crippen molar-refractivity contribution in [3.8, 4) is 22.4 Å². The van der Waals surface area contributed by atoms with Gasteiger partial charge >= 0.3 is 12.2 Å². The maximum absolute atomic E-state index is 13.7. The Bertz CT molecular complexity index is 2270. The van der Waals surface area contributed by atoms with Crippen LogP contribution in [0.4, 0.5) is 9.59 Å². The summed E-state index contributed by atoms with van der Waals surface area (Å²) in [6, 6.07) is 29.3. The molecular weight excluding hydrogens is 765 g/mol. The number of aliphatic imine (C=N–C) groups is 1. The molecule has 0 aliphatic carbocycles. The molecule has 2 saturated heterocycles. The number of hydrogen-bond donors (Lipinski definition) is 3. The van der Waals surface area contributed by atoms with Gasteiger partial charge in [0.25, 0.3) is 0 Å². The van der Waals surface area contributed by atoms with E-state index in [1.807, 2.05) is 67.4 Å². The number of carbonyl (C=O) groups excluding carboxylic acids is 3. The second-order valence-corrected chi connectivity index (χ2v) is 16.4. The predicted molar refractivity (Wildman–Crippen MR) is 227 cm³/mol. The van der Waals surface area contributed by atoms with Crippen molar-refractivity contribution in [2.45, 2.75) is 62.8 Å². The first-order valence-corrected chi connectivity index (χ1v) is 21.0. The summed E-state index contributed by atoms with van der Waals surface area (Å²) < 4.78 is 10.6. The maximum atomic E-state index is 13.7. The minimum absolute atomic E-state index is 0.00234. The Balaban J connectivity index is 0.908. The smallest absolute Gasteiger partial charge is 0.411 e. The van der Waals surface area contributed by atoms with Crippen molar-refractivity contribution in [3.63, 3.8) is 0 Å². The number of amides is 3. The Morgan fingerprint density at radius 2 is 1.61 bits per heavy atom. The zero-order valence-corrected chi connectivity index (χ0v) is 34.1. The standard InChI is InChI=1S/C45H48N8O5S/c1-28(2)39(51-44(55)57-3)42(54)52-23-7-10-37(52)40-47-24-35(49-40)32-15-11-30(12-16-32)31-13-17-33(18-14-31)36-25-48-41(50-36)38-27-59-43(34-19-21-46-22-20-34)53(38)45(56)58-26-29-8-5-4-6-9-29/h4-6,8-9,11-22,25,28,35,37-39,43H,7,10,23-24,26-27H2,1-3H3,(H,47,49)(H,48,50)(H,51,55)/t35?,37-,38-,39-,43?/m0/s1. The van der Waals surface area contributed by atoms with Crippen LogP contribution in [0.2, 0.25) is 0 Å². The Morgan fingerprint density at radius 1 is 0.898 bits per heavy atom. The molecule has 13 nitrogen and oxygen atoms in total. The van der Waals surface area contributed by atoms with Gasteiger partial charge in [-0.2, -0.15) is 0 Å². The maximum Gasteiger partial charge on any atom is 0.411 e. The number of hydrogen-bond acceptors (Lipinski definition) is 10. The van der Waals surface area contributed by atoms with Crippen LogP contribution in [-0.2, 0) is 20.9 Å². The van der Waals surface area contributed by atoms with Gasteiger partial charge in [0.05, 0.1) is 37.6 Å². The number of nitrogens with zero attached hydrogens (tertiary/aromatic N) is 5. The SMILES string of the molecule is COC(=O)N[C@H](C(=O)N1CCC[C@H]1C1=NCC(c2ccc(-c3ccc(-c4cnc([C@@H]5CSC(c6ccncc6)N5C(=O)OCc5ccccc5)[nH]4)cc3)cc2)N1)C(C)C. The molecule has 304 valence electrons. The van der Waals surface area contributed by atoms with Crippen molar-refractivity contribution in [1.29, 1.82) is 0 Å². The number of rotatable bonds is 11. The molecule has 3 amide bonds. The lowest BCUT2D eigenvalue weighted by atomic mass is 9.99. The molecule has 5 heterocycles. The molecule has 0 radical (unpaired) electrons. The average Bonchev–Trinajstić information content (AvgIpc) is 4.12. The summed E-state index contributed by atoms with van der Waals surface area (Å²) in [6.45, 7) is 5.21. The zero-order chi connectivity index (χ0) is 40.9. The predicted octanol–water partition coefficient (Wildman–Crippen LogP) is 7.68. The fraction of sp³-hybridized carbons (Fsp3) is 0.333. The number of nitrogens with one attached hydrogen (secondary N) is 3. The lowest BCUT2D eigenvalue weighted by molar-refractivity contribution is -0.134. The molecule has 0 spiro atoms. The number of H-pyrrole nitrogens is 1. The molecule has 14 heteroatoms. The molecule has 2 aromatic heterocycles. The molecule has 3 aliphatic heterocycles. The number of carbonyl (C=O) groups is 3. The van der Waals surface area contributed by atoms with Crippen LogP contribution in [0.25, 0.3) is 22.4 Å². The fourth-order valence-corrected chi connectivity index (χ4v) is 9.39. The Labute approximate surface area is 348 Å². The summed E-state index contributed by atoms with van der Waals surface area (Å²) in [6.07, 6.45) is 5.99. The van der Waals surface area contributed by atoms with Gasteiger partial charge in [-0.15, -0.1) is 11.8 Å². The topological polar surface area (TPSA) is 154 Å². The first-order chi connectivity index (χ1) is 28.8. The van der Waals surface area contributed by atoms with Crippen molar-refractivity contribution in [1.82, 2.24) is 35.4 Å². The van der Waals surface area contributed by atoms with E-state index < -0.39 is 18.2 Å². The highest BCUT2D eigenvalue weighted by atomic mass is 32.2. The molecule has 3 aliphatic rings. The molecule has 5 atom stereocenters. The van der Waals surface area contributed by atoms with E-state index in [9.17, 15) is 14.4 Å². The van der Waals surface area contributed by atoms with Gasteiger partial charge in [-0.05, 0) is 64.3 Å². The van der Waals surface area contributed by atoms with Crippen LogP contribution in [0.15, 0.2) is 115 Å². The van der Waals surface area contributed by atoms with Crippen molar-refractivity contribution in [2.24, 2.45) is 10.9 Å². The quantitative estimate of drug-likeness (QED) is 0.122. The summed E-state index contributed by atoms with van der Waals surface area (Å²) in [5, 5.41) is 6.07. The molecular formula is C45H48N8O5S.